The number of hydrogen-bond donors (Lipinski definition) is 0. The fourth-order valence-electron chi connectivity index (χ4n) is 0.744. The van der Waals surface area contributed by atoms with Gasteiger partial charge >= 0.3 is 0 Å². The van der Waals surface area contributed by atoms with E-state index in [2.05, 4.69) is 0 Å². The van der Waals surface area contributed by atoms with Gasteiger partial charge in [-0.1, -0.05) is 0 Å². The molecule has 0 radical (unpaired) electrons. The van der Waals surface area contributed by atoms with E-state index in [-0.39, 0.29) is 6.54 Å². The summed E-state index contributed by atoms with van der Waals surface area (Å²) in [5, 5.41) is 10.0. The molecule has 0 saturated heterocycles. The van der Waals surface area contributed by atoms with E-state index in [9.17, 15) is 9.90 Å². The van der Waals surface area contributed by atoms with Gasteiger partial charge in [-0.2, -0.15) is 0 Å². The lowest BCUT2D eigenvalue weighted by Gasteiger charge is -1.94. The molecule has 1 aromatic heterocycles. The van der Waals surface area contributed by atoms with E-state index in [1.165, 1.54) is 4.57 Å². The number of hydrogen-bond acceptors (Lipinski definition) is 2. The Morgan fingerprint density at radius 2 is 2.50 bits per heavy atom. The van der Waals surface area contributed by atoms with Crippen molar-refractivity contribution in [3.05, 3.63) is 18.7 Å². The molecule has 0 saturated carbocycles. The number of nitrogens with zero attached hydrogens (tertiary/aromatic N) is 2. The van der Waals surface area contributed by atoms with Crippen LogP contribution < -0.4 is 9.67 Å². The summed E-state index contributed by atoms with van der Waals surface area (Å²) < 4.78 is 3.30. The van der Waals surface area contributed by atoms with Crippen LogP contribution >= 0.6 is 0 Å². The van der Waals surface area contributed by atoms with Crippen molar-refractivity contribution < 1.29 is 14.5 Å². The van der Waals surface area contributed by atoms with Gasteiger partial charge in [-0.3, -0.25) is 0 Å². The first kappa shape index (κ1) is 6.80. The molecule has 0 N–H and O–H groups in total. The highest BCUT2D eigenvalue weighted by Crippen LogP contribution is 1.80. The summed E-state index contributed by atoms with van der Waals surface area (Å²) >= 11 is 0. The minimum Gasteiger partial charge on any atom is -0.546 e. The Morgan fingerprint density at radius 1 is 1.80 bits per heavy atom. The molecule has 0 atom stereocenters. The Balaban J connectivity index is 2.67. The first-order valence-electron chi connectivity index (χ1n) is 2.89. The van der Waals surface area contributed by atoms with Crippen molar-refractivity contribution in [3.63, 3.8) is 0 Å². The third kappa shape index (κ3) is 1.58. The zero-order valence-electron chi connectivity index (χ0n) is 5.65. The highest BCUT2D eigenvalue weighted by molar-refractivity contribution is 5.63. The second kappa shape index (κ2) is 2.51. The first-order chi connectivity index (χ1) is 4.68. The molecular weight excluding hydrogens is 132 g/mol. The minimum absolute atomic E-state index is 0.0825. The fourth-order valence-corrected chi connectivity index (χ4v) is 0.744. The van der Waals surface area contributed by atoms with Crippen molar-refractivity contribution in [1.82, 2.24) is 4.57 Å². The second-order valence-corrected chi connectivity index (χ2v) is 2.12. The molecule has 1 rings (SSSR count). The quantitative estimate of drug-likeness (QED) is 0.449. The van der Waals surface area contributed by atoms with Crippen molar-refractivity contribution >= 4 is 5.97 Å². The summed E-state index contributed by atoms with van der Waals surface area (Å²) in [5.41, 5.74) is 0. The van der Waals surface area contributed by atoms with E-state index in [0.717, 1.165) is 0 Å². The first-order valence-corrected chi connectivity index (χ1v) is 2.89. The number of rotatable bonds is 2. The standard InChI is InChI=1S/C6H8N2O2/c1-7-2-3-8(5-7)4-6(9)10/h2-3,5H,4H2,1H3. The molecule has 0 aliphatic carbocycles. The van der Waals surface area contributed by atoms with Gasteiger partial charge in [0.05, 0.1) is 13.0 Å². The summed E-state index contributed by atoms with van der Waals surface area (Å²) in [7, 11) is 1.83. The predicted octanol–water partition coefficient (Wildman–Crippen LogP) is -1.94. The van der Waals surface area contributed by atoms with E-state index < -0.39 is 5.97 Å². The van der Waals surface area contributed by atoms with Crippen LogP contribution in [0.25, 0.3) is 0 Å². The second-order valence-electron chi connectivity index (χ2n) is 2.12. The molecule has 0 aliphatic rings. The highest BCUT2D eigenvalue weighted by atomic mass is 16.4. The molecule has 1 heterocycles. The van der Waals surface area contributed by atoms with E-state index >= 15 is 0 Å². The van der Waals surface area contributed by atoms with Crippen LogP contribution in [0.4, 0.5) is 0 Å². The van der Waals surface area contributed by atoms with Gasteiger partial charge in [-0.15, -0.1) is 0 Å². The number of aromatic nitrogens is 2. The lowest BCUT2D eigenvalue weighted by Crippen LogP contribution is -2.29. The molecule has 0 aromatic carbocycles. The molecule has 4 nitrogen and oxygen atoms in total. The van der Waals surface area contributed by atoms with Crippen molar-refractivity contribution in [2.75, 3.05) is 0 Å². The monoisotopic (exact) mass is 140 g/mol. The Bertz CT molecular complexity index is 242. The SMILES string of the molecule is C[n+]1ccn(CC(=O)[O-])c1. The highest BCUT2D eigenvalue weighted by Gasteiger charge is 1.97. The molecule has 0 amide bonds. The van der Waals surface area contributed by atoms with E-state index in [0.29, 0.717) is 0 Å². The zero-order valence-corrected chi connectivity index (χ0v) is 5.65. The van der Waals surface area contributed by atoms with Crippen LogP contribution in [0.5, 0.6) is 0 Å². The largest absolute Gasteiger partial charge is 0.546 e. The van der Waals surface area contributed by atoms with Crippen LogP contribution in [0.3, 0.4) is 0 Å². The smallest absolute Gasteiger partial charge is 0.243 e. The van der Waals surface area contributed by atoms with E-state index in [1.807, 2.05) is 7.05 Å². The number of carbonyl (C=O) groups excluding carboxylic acids is 1. The average molecular weight is 140 g/mol. The van der Waals surface area contributed by atoms with Crippen molar-refractivity contribution in [1.29, 1.82) is 0 Å². The van der Waals surface area contributed by atoms with Gasteiger partial charge in [0, 0.05) is 0 Å². The molecule has 4 heteroatoms. The summed E-state index contributed by atoms with van der Waals surface area (Å²) in [5.74, 6) is -1.07. The van der Waals surface area contributed by atoms with Gasteiger partial charge in [0.2, 0.25) is 6.33 Å². The molecule has 0 fully saturated rings. The predicted molar refractivity (Wildman–Crippen MR) is 30.6 cm³/mol. The fraction of sp³-hybridized carbons (Fsp3) is 0.333. The minimum atomic E-state index is -1.07. The van der Waals surface area contributed by atoms with Gasteiger partial charge in [-0.05, 0) is 0 Å². The lowest BCUT2D eigenvalue weighted by atomic mass is 10.6. The van der Waals surface area contributed by atoms with Crippen molar-refractivity contribution in [2.24, 2.45) is 7.05 Å². The molecule has 0 unspecified atom stereocenters. The Labute approximate surface area is 58.3 Å². The number of carbonyl (C=O) groups is 1. The number of carboxylic acid groups (broad SMARTS) is 1. The summed E-state index contributed by atoms with van der Waals surface area (Å²) in [4.78, 5) is 10.0. The van der Waals surface area contributed by atoms with Crippen molar-refractivity contribution in [2.45, 2.75) is 6.54 Å². The van der Waals surface area contributed by atoms with Gasteiger partial charge in [-0.25, -0.2) is 9.13 Å². The van der Waals surface area contributed by atoms with Crippen LogP contribution in [0.15, 0.2) is 18.7 Å². The number of aryl methyl sites for hydroxylation is 1. The molecule has 0 bridgehead atoms. The summed E-state index contributed by atoms with van der Waals surface area (Å²) in [6.07, 6.45) is 5.12. The molecular formula is C6H8N2O2. The molecule has 0 aliphatic heterocycles. The number of aliphatic carboxylic acids is 1. The lowest BCUT2D eigenvalue weighted by molar-refractivity contribution is -0.671. The van der Waals surface area contributed by atoms with Gasteiger partial charge < -0.3 is 9.90 Å². The Morgan fingerprint density at radius 3 is 2.90 bits per heavy atom. The normalized spacial score (nSPS) is 9.70. The topological polar surface area (TPSA) is 48.9 Å². The average Bonchev–Trinajstić information content (AvgIpc) is 2.13. The van der Waals surface area contributed by atoms with Crippen LogP contribution in [0, 0.1) is 0 Å². The Kier molecular flexibility index (Phi) is 1.71. The van der Waals surface area contributed by atoms with Crippen LogP contribution in [0.2, 0.25) is 0 Å². The van der Waals surface area contributed by atoms with Crippen molar-refractivity contribution in [3.8, 4) is 0 Å². The number of imidazole rings is 1. The molecule has 10 heavy (non-hydrogen) atoms. The summed E-state index contributed by atoms with van der Waals surface area (Å²) in [6, 6.07) is 0. The van der Waals surface area contributed by atoms with Crippen LogP contribution in [0.1, 0.15) is 0 Å². The van der Waals surface area contributed by atoms with E-state index in [1.54, 1.807) is 23.3 Å². The number of carboxylic acids is 1. The maximum atomic E-state index is 10.0. The van der Waals surface area contributed by atoms with E-state index in [4.69, 9.17) is 0 Å². The molecule has 54 valence electrons. The maximum Gasteiger partial charge on any atom is 0.243 e. The van der Waals surface area contributed by atoms with Crippen LogP contribution in [-0.2, 0) is 18.4 Å². The maximum absolute atomic E-state index is 10.0. The summed E-state index contributed by atoms with van der Waals surface area (Å²) in [6.45, 7) is -0.0825. The molecule has 0 spiro atoms. The van der Waals surface area contributed by atoms with Gasteiger partial charge in [0.15, 0.2) is 0 Å². The zero-order chi connectivity index (χ0) is 7.56. The van der Waals surface area contributed by atoms with Gasteiger partial charge in [0.1, 0.15) is 18.9 Å². The van der Waals surface area contributed by atoms with Gasteiger partial charge in [0.25, 0.3) is 0 Å². The van der Waals surface area contributed by atoms with Crippen LogP contribution in [-0.4, -0.2) is 10.5 Å². The molecule has 1 aromatic rings. The third-order valence-corrected chi connectivity index (χ3v) is 1.14. The third-order valence-electron chi connectivity index (χ3n) is 1.14. The Hall–Kier alpha value is -1.32.